The minimum absolute atomic E-state index is 0.270. The van der Waals surface area contributed by atoms with Gasteiger partial charge in [0.2, 0.25) is 0 Å². The predicted octanol–water partition coefficient (Wildman–Crippen LogP) is 5.78. The Hall–Kier alpha value is -3.64. The largest absolute Gasteiger partial charge is 0.478 e. The molecular weight excluding hydrogens is 424 g/mol. The first-order chi connectivity index (χ1) is 16.6. The molecule has 0 bridgehead atoms. The van der Waals surface area contributed by atoms with E-state index in [0.29, 0.717) is 6.04 Å². The van der Waals surface area contributed by atoms with Crippen LogP contribution in [0, 0.1) is 0 Å². The zero-order chi connectivity index (χ0) is 23.5. The summed E-state index contributed by atoms with van der Waals surface area (Å²) in [5.41, 5.74) is 12.1. The van der Waals surface area contributed by atoms with Crippen molar-refractivity contribution in [2.45, 2.75) is 51.2 Å². The number of carboxylic acids is 1. The normalized spacial score (nSPS) is 14.5. The highest BCUT2D eigenvalue weighted by atomic mass is 16.4. The van der Waals surface area contributed by atoms with Gasteiger partial charge >= 0.3 is 5.97 Å². The van der Waals surface area contributed by atoms with Gasteiger partial charge in [0.1, 0.15) is 5.82 Å². The maximum absolute atomic E-state index is 11.5. The molecule has 5 rings (SSSR count). The van der Waals surface area contributed by atoms with Crippen molar-refractivity contribution in [3.05, 3.63) is 83.4 Å². The molecule has 0 saturated heterocycles. The highest BCUT2D eigenvalue weighted by Gasteiger charge is 2.23. The summed E-state index contributed by atoms with van der Waals surface area (Å²) in [5.74, 6) is -0.00830. The number of nitrogen functional groups attached to an aromatic ring is 1. The maximum Gasteiger partial charge on any atom is 0.335 e. The molecule has 174 valence electrons. The summed E-state index contributed by atoms with van der Waals surface area (Å²) >= 11 is 0. The number of nitrogens with zero attached hydrogens (tertiary/aromatic N) is 2. The fourth-order valence-electron chi connectivity index (χ4n) is 5.02. The SMILES string of the molecule is Nc1cccc(CNCc2cccc(-c3nc4cc(C(=O)O)ccc4n3C3CCCCC3)c2)c1. The van der Waals surface area contributed by atoms with E-state index in [1.54, 1.807) is 12.1 Å². The van der Waals surface area contributed by atoms with E-state index in [-0.39, 0.29) is 5.56 Å². The molecule has 1 aromatic heterocycles. The van der Waals surface area contributed by atoms with Crippen LogP contribution in [0.25, 0.3) is 22.4 Å². The standard InChI is InChI=1S/C28H30N4O2/c29-23-9-5-7-20(15-23)18-30-17-19-6-4-8-21(14-19)27-31-25-16-22(28(33)34)12-13-26(25)32(27)24-10-2-1-3-11-24/h4-9,12-16,24,30H,1-3,10-11,17-18,29H2,(H,33,34). The van der Waals surface area contributed by atoms with Crippen molar-refractivity contribution in [3.8, 4) is 11.4 Å². The Morgan fingerprint density at radius 1 is 0.971 bits per heavy atom. The van der Waals surface area contributed by atoms with Crippen molar-refractivity contribution >= 4 is 22.7 Å². The number of hydrogen-bond acceptors (Lipinski definition) is 4. The fraction of sp³-hybridized carbons (Fsp3) is 0.286. The Morgan fingerprint density at radius 2 is 1.71 bits per heavy atom. The second kappa shape index (κ2) is 9.69. The summed E-state index contributed by atoms with van der Waals surface area (Å²) in [5, 5.41) is 13.0. The van der Waals surface area contributed by atoms with E-state index < -0.39 is 5.97 Å². The molecule has 6 heteroatoms. The number of fused-ring (bicyclic) bond motifs is 1. The third-order valence-corrected chi connectivity index (χ3v) is 6.67. The minimum atomic E-state index is -0.927. The summed E-state index contributed by atoms with van der Waals surface area (Å²) in [6.07, 6.45) is 5.95. The number of aromatic carboxylic acids is 1. The summed E-state index contributed by atoms with van der Waals surface area (Å²) in [6, 6.07) is 22.1. The van der Waals surface area contributed by atoms with E-state index in [9.17, 15) is 9.90 Å². The average Bonchev–Trinajstić information content (AvgIpc) is 3.24. The van der Waals surface area contributed by atoms with Crippen LogP contribution >= 0.6 is 0 Å². The monoisotopic (exact) mass is 454 g/mol. The van der Waals surface area contributed by atoms with Gasteiger partial charge in [0.05, 0.1) is 16.6 Å². The molecule has 0 radical (unpaired) electrons. The Balaban J connectivity index is 1.46. The Bertz CT molecular complexity index is 1320. The number of nitrogens with one attached hydrogen (secondary N) is 1. The van der Waals surface area contributed by atoms with Gasteiger partial charge in [-0.1, -0.05) is 49.6 Å². The van der Waals surface area contributed by atoms with Crippen molar-refractivity contribution in [1.29, 1.82) is 0 Å². The molecule has 1 heterocycles. The van der Waals surface area contributed by atoms with E-state index in [1.807, 2.05) is 24.3 Å². The molecule has 1 fully saturated rings. The third kappa shape index (κ3) is 4.68. The van der Waals surface area contributed by atoms with Gasteiger partial charge in [0.25, 0.3) is 0 Å². The van der Waals surface area contributed by atoms with Crippen LogP contribution in [0.4, 0.5) is 5.69 Å². The molecule has 0 aliphatic heterocycles. The van der Waals surface area contributed by atoms with E-state index in [1.165, 1.54) is 24.8 Å². The van der Waals surface area contributed by atoms with E-state index in [4.69, 9.17) is 10.7 Å². The van der Waals surface area contributed by atoms with Gasteiger partial charge in [-0.2, -0.15) is 0 Å². The lowest BCUT2D eigenvalue weighted by Gasteiger charge is -2.25. The Labute approximate surface area is 199 Å². The van der Waals surface area contributed by atoms with Crippen LogP contribution in [0.15, 0.2) is 66.7 Å². The first-order valence-electron chi connectivity index (χ1n) is 12.0. The van der Waals surface area contributed by atoms with Crippen molar-refractivity contribution < 1.29 is 9.90 Å². The molecule has 1 saturated carbocycles. The van der Waals surface area contributed by atoms with Crippen LogP contribution in [-0.2, 0) is 13.1 Å². The summed E-state index contributed by atoms with van der Waals surface area (Å²) in [7, 11) is 0. The number of carbonyl (C=O) groups is 1. The lowest BCUT2D eigenvalue weighted by Crippen LogP contribution is -2.14. The highest BCUT2D eigenvalue weighted by molar-refractivity contribution is 5.93. The number of nitrogens with two attached hydrogens (primary N) is 1. The molecule has 34 heavy (non-hydrogen) atoms. The van der Waals surface area contributed by atoms with Gasteiger partial charge in [0, 0.05) is 30.4 Å². The number of hydrogen-bond donors (Lipinski definition) is 3. The molecule has 0 amide bonds. The number of imidazole rings is 1. The van der Waals surface area contributed by atoms with Gasteiger partial charge in [-0.15, -0.1) is 0 Å². The summed E-state index contributed by atoms with van der Waals surface area (Å²) < 4.78 is 2.35. The average molecular weight is 455 g/mol. The van der Waals surface area contributed by atoms with Crippen molar-refractivity contribution in [2.24, 2.45) is 0 Å². The number of aromatic nitrogens is 2. The summed E-state index contributed by atoms with van der Waals surface area (Å²) in [6.45, 7) is 1.48. The quantitative estimate of drug-likeness (QED) is 0.308. The molecule has 4 aromatic rings. The number of carboxylic acid groups (broad SMARTS) is 1. The van der Waals surface area contributed by atoms with Crippen LogP contribution in [0.1, 0.15) is 59.6 Å². The second-order valence-corrected chi connectivity index (χ2v) is 9.15. The lowest BCUT2D eigenvalue weighted by molar-refractivity contribution is 0.0697. The zero-order valence-electron chi connectivity index (χ0n) is 19.2. The smallest absolute Gasteiger partial charge is 0.335 e. The Morgan fingerprint density at radius 3 is 2.44 bits per heavy atom. The minimum Gasteiger partial charge on any atom is -0.478 e. The van der Waals surface area contributed by atoms with Crippen LogP contribution in [0.3, 0.4) is 0 Å². The second-order valence-electron chi connectivity index (χ2n) is 9.15. The van der Waals surface area contributed by atoms with Crippen LogP contribution < -0.4 is 11.1 Å². The van der Waals surface area contributed by atoms with Gasteiger partial charge in [-0.25, -0.2) is 9.78 Å². The first kappa shape index (κ1) is 22.2. The highest BCUT2D eigenvalue weighted by Crippen LogP contribution is 2.36. The molecular formula is C28H30N4O2. The van der Waals surface area contributed by atoms with Gasteiger partial charge in [0.15, 0.2) is 0 Å². The van der Waals surface area contributed by atoms with E-state index in [2.05, 4.69) is 40.2 Å². The third-order valence-electron chi connectivity index (χ3n) is 6.67. The molecule has 6 nitrogen and oxygen atoms in total. The topological polar surface area (TPSA) is 93.2 Å². The lowest BCUT2D eigenvalue weighted by atomic mass is 9.94. The molecule has 0 unspecified atom stereocenters. The first-order valence-corrected chi connectivity index (χ1v) is 12.0. The van der Waals surface area contributed by atoms with Crippen molar-refractivity contribution in [3.63, 3.8) is 0 Å². The summed E-state index contributed by atoms with van der Waals surface area (Å²) in [4.78, 5) is 16.5. The van der Waals surface area contributed by atoms with Gasteiger partial charge < -0.3 is 20.7 Å². The van der Waals surface area contributed by atoms with Crippen LogP contribution in [0.2, 0.25) is 0 Å². The fourth-order valence-corrected chi connectivity index (χ4v) is 5.02. The Kier molecular flexibility index (Phi) is 6.32. The van der Waals surface area contributed by atoms with Crippen molar-refractivity contribution in [1.82, 2.24) is 14.9 Å². The number of anilines is 1. The van der Waals surface area contributed by atoms with E-state index in [0.717, 1.165) is 59.6 Å². The number of benzene rings is 3. The van der Waals surface area contributed by atoms with Crippen LogP contribution in [-0.4, -0.2) is 20.6 Å². The molecule has 3 aromatic carbocycles. The molecule has 0 spiro atoms. The number of rotatable bonds is 7. The predicted molar refractivity (Wildman–Crippen MR) is 136 cm³/mol. The van der Waals surface area contributed by atoms with Gasteiger partial charge in [-0.3, -0.25) is 0 Å². The molecule has 0 atom stereocenters. The zero-order valence-corrected chi connectivity index (χ0v) is 19.2. The van der Waals surface area contributed by atoms with Crippen LogP contribution in [0.5, 0.6) is 0 Å². The van der Waals surface area contributed by atoms with Crippen molar-refractivity contribution in [2.75, 3.05) is 5.73 Å². The van der Waals surface area contributed by atoms with E-state index >= 15 is 0 Å². The maximum atomic E-state index is 11.5. The molecule has 1 aliphatic rings. The molecule has 4 N–H and O–H groups in total. The van der Waals surface area contributed by atoms with Gasteiger partial charge in [-0.05, 0) is 60.4 Å². The molecule has 1 aliphatic carbocycles.